The number of carbonyl (C=O) groups excluding carboxylic acids is 2. The molecule has 1 aliphatic rings. The first kappa shape index (κ1) is 19.6. The van der Waals surface area contributed by atoms with Gasteiger partial charge in [0.05, 0.1) is 17.8 Å². The maximum absolute atomic E-state index is 12.7. The summed E-state index contributed by atoms with van der Waals surface area (Å²) < 4.78 is 10.7. The molecule has 0 atom stereocenters. The summed E-state index contributed by atoms with van der Waals surface area (Å²) in [7, 11) is 1.45. The van der Waals surface area contributed by atoms with E-state index in [1.165, 1.54) is 19.3 Å². The number of carbonyl (C=O) groups is 2. The Morgan fingerprint density at radius 3 is 2.71 bits per heavy atom. The monoisotopic (exact) mass is 416 g/mol. The fourth-order valence-electron chi connectivity index (χ4n) is 2.63. The van der Waals surface area contributed by atoms with Crippen molar-refractivity contribution in [3.63, 3.8) is 0 Å². The number of hydrogen-bond donors (Lipinski definition) is 1. The number of urea groups is 1. The molecular weight excluding hydrogens is 403 g/mol. The quantitative estimate of drug-likeness (QED) is 0.452. The van der Waals surface area contributed by atoms with Crippen molar-refractivity contribution in [2.24, 2.45) is 0 Å². The molecule has 0 unspecified atom stereocenters. The van der Waals surface area contributed by atoms with Crippen LogP contribution in [0.4, 0.5) is 10.5 Å². The lowest BCUT2D eigenvalue weighted by Crippen LogP contribution is -2.30. The summed E-state index contributed by atoms with van der Waals surface area (Å²) in [5.74, 6) is 2.47. The first-order valence-electron chi connectivity index (χ1n) is 8.01. The number of nitrogens with one attached hydrogen (secondary N) is 1. The van der Waals surface area contributed by atoms with Gasteiger partial charge in [0.2, 0.25) is 0 Å². The molecule has 0 aromatic heterocycles. The highest BCUT2D eigenvalue weighted by Gasteiger charge is 2.35. The molecule has 1 heterocycles. The second-order valence-electron chi connectivity index (χ2n) is 5.64. The van der Waals surface area contributed by atoms with Gasteiger partial charge in [0.25, 0.3) is 5.91 Å². The lowest BCUT2D eigenvalue weighted by molar-refractivity contribution is -0.113. The molecule has 2 aromatic carbocycles. The van der Waals surface area contributed by atoms with Crippen molar-refractivity contribution >= 4 is 46.9 Å². The highest BCUT2D eigenvalue weighted by molar-refractivity contribution is 6.33. The number of rotatable bonds is 5. The van der Waals surface area contributed by atoms with Gasteiger partial charge < -0.3 is 14.8 Å². The van der Waals surface area contributed by atoms with Gasteiger partial charge in [-0.15, -0.1) is 6.42 Å². The predicted molar refractivity (Wildman–Crippen MR) is 108 cm³/mol. The average Bonchev–Trinajstić information content (AvgIpc) is 2.93. The van der Waals surface area contributed by atoms with Crippen LogP contribution in [0.25, 0.3) is 6.08 Å². The highest BCUT2D eigenvalue weighted by Crippen LogP contribution is 2.37. The third kappa shape index (κ3) is 3.91. The second-order valence-corrected chi connectivity index (χ2v) is 6.48. The van der Waals surface area contributed by atoms with Crippen molar-refractivity contribution in [3.05, 3.63) is 57.7 Å². The third-order valence-electron chi connectivity index (χ3n) is 3.81. The van der Waals surface area contributed by atoms with Crippen molar-refractivity contribution in [1.82, 2.24) is 5.32 Å². The van der Waals surface area contributed by atoms with E-state index in [1.54, 1.807) is 30.3 Å². The first-order valence-corrected chi connectivity index (χ1v) is 8.76. The number of imide groups is 1. The maximum Gasteiger partial charge on any atom is 0.333 e. The van der Waals surface area contributed by atoms with Crippen LogP contribution >= 0.6 is 23.2 Å². The smallest absolute Gasteiger partial charge is 0.333 e. The number of amides is 3. The fourth-order valence-corrected chi connectivity index (χ4v) is 3.09. The van der Waals surface area contributed by atoms with E-state index in [9.17, 15) is 9.59 Å². The number of nitrogens with zero attached hydrogens (tertiary/aromatic N) is 1. The van der Waals surface area contributed by atoms with E-state index in [1.807, 2.05) is 0 Å². The fraction of sp³-hybridized carbons (Fsp3) is 0.100. The molecule has 0 saturated carbocycles. The van der Waals surface area contributed by atoms with Crippen LogP contribution in [0.1, 0.15) is 5.56 Å². The Labute approximate surface area is 171 Å². The first-order chi connectivity index (χ1) is 13.4. The molecule has 142 valence electrons. The summed E-state index contributed by atoms with van der Waals surface area (Å²) in [5.41, 5.74) is 0.985. The summed E-state index contributed by atoms with van der Waals surface area (Å²) >= 11 is 12.2. The van der Waals surface area contributed by atoms with Gasteiger partial charge in [-0.25, -0.2) is 9.69 Å². The van der Waals surface area contributed by atoms with Gasteiger partial charge in [0.15, 0.2) is 11.5 Å². The lowest BCUT2D eigenvalue weighted by atomic mass is 10.1. The third-order valence-corrected chi connectivity index (χ3v) is 4.32. The SMILES string of the molecule is C#CCOc1c(Cl)cc(/C=C2/NC(=O)N(c3cccc(Cl)c3)C2=O)cc1OC. The zero-order valence-corrected chi connectivity index (χ0v) is 16.2. The van der Waals surface area contributed by atoms with Crippen LogP contribution in [0.3, 0.4) is 0 Å². The van der Waals surface area contributed by atoms with Crippen molar-refractivity contribution in [3.8, 4) is 23.8 Å². The van der Waals surface area contributed by atoms with E-state index in [0.717, 1.165) is 4.90 Å². The topological polar surface area (TPSA) is 67.9 Å². The second kappa shape index (κ2) is 8.26. The van der Waals surface area contributed by atoms with Crippen LogP contribution in [0.5, 0.6) is 11.5 Å². The van der Waals surface area contributed by atoms with Crippen LogP contribution in [0.2, 0.25) is 10.0 Å². The number of methoxy groups -OCH3 is 1. The number of hydrogen-bond acceptors (Lipinski definition) is 4. The molecule has 1 N–H and O–H groups in total. The summed E-state index contributed by atoms with van der Waals surface area (Å²) in [6.45, 7) is 0.0274. The van der Waals surface area contributed by atoms with Gasteiger partial charge >= 0.3 is 6.03 Å². The molecule has 6 nitrogen and oxygen atoms in total. The number of anilines is 1. The number of benzene rings is 2. The van der Waals surface area contributed by atoms with E-state index in [2.05, 4.69) is 11.2 Å². The van der Waals surface area contributed by atoms with Crippen LogP contribution < -0.4 is 19.7 Å². The molecule has 1 saturated heterocycles. The zero-order chi connectivity index (χ0) is 20.3. The minimum absolute atomic E-state index is 0.0274. The Bertz CT molecular complexity index is 1030. The van der Waals surface area contributed by atoms with Gasteiger partial charge in [-0.2, -0.15) is 0 Å². The summed E-state index contributed by atoms with van der Waals surface area (Å²) in [5, 5.41) is 3.21. The Hall–Kier alpha value is -3.14. The summed E-state index contributed by atoms with van der Waals surface area (Å²) in [6, 6.07) is 9.06. The predicted octanol–water partition coefficient (Wildman–Crippen LogP) is 4.11. The van der Waals surface area contributed by atoms with E-state index >= 15 is 0 Å². The largest absolute Gasteiger partial charge is 0.493 e. The van der Waals surface area contributed by atoms with Crippen molar-refractivity contribution < 1.29 is 19.1 Å². The van der Waals surface area contributed by atoms with Gasteiger partial charge in [-0.1, -0.05) is 35.2 Å². The van der Waals surface area contributed by atoms with Gasteiger partial charge in [-0.3, -0.25) is 4.79 Å². The molecule has 0 bridgehead atoms. The Morgan fingerprint density at radius 2 is 2.04 bits per heavy atom. The average molecular weight is 417 g/mol. The van der Waals surface area contributed by atoms with Crippen LogP contribution in [-0.2, 0) is 4.79 Å². The van der Waals surface area contributed by atoms with Gasteiger partial charge in [0, 0.05) is 5.02 Å². The molecule has 8 heteroatoms. The molecule has 3 rings (SSSR count). The Kier molecular flexibility index (Phi) is 5.78. The van der Waals surface area contributed by atoms with Gasteiger partial charge in [-0.05, 0) is 42.0 Å². The molecular formula is C20H14Cl2N2O4. The van der Waals surface area contributed by atoms with Crippen molar-refractivity contribution in [1.29, 1.82) is 0 Å². The van der Waals surface area contributed by atoms with E-state index in [-0.39, 0.29) is 17.3 Å². The highest BCUT2D eigenvalue weighted by atomic mass is 35.5. The molecule has 1 aliphatic heterocycles. The Balaban J connectivity index is 1.94. The standard InChI is InChI=1S/C20H14Cl2N2O4/c1-3-7-28-18-15(22)8-12(10-17(18)27-2)9-16-19(25)24(20(26)23-16)14-6-4-5-13(21)11-14/h1,4-6,8-11H,7H2,2H3,(H,23,26)/b16-9+. The molecule has 2 aromatic rings. The Morgan fingerprint density at radius 1 is 1.25 bits per heavy atom. The van der Waals surface area contributed by atoms with E-state index < -0.39 is 11.9 Å². The van der Waals surface area contributed by atoms with Crippen molar-refractivity contribution in [2.45, 2.75) is 0 Å². The zero-order valence-electron chi connectivity index (χ0n) is 14.7. The molecule has 0 radical (unpaired) electrons. The number of ether oxygens (including phenoxy) is 2. The molecule has 0 aliphatic carbocycles. The normalized spacial score (nSPS) is 14.8. The van der Waals surface area contributed by atoms with Crippen LogP contribution in [0.15, 0.2) is 42.1 Å². The number of halogens is 2. The molecule has 28 heavy (non-hydrogen) atoms. The summed E-state index contributed by atoms with van der Waals surface area (Å²) in [4.78, 5) is 26.0. The van der Waals surface area contributed by atoms with Gasteiger partial charge in [0.1, 0.15) is 12.3 Å². The molecule has 3 amide bonds. The molecule has 0 spiro atoms. The van der Waals surface area contributed by atoms with Crippen LogP contribution in [0, 0.1) is 12.3 Å². The van der Waals surface area contributed by atoms with E-state index in [4.69, 9.17) is 39.1 Å². The minimum atomic E-state index is -0.578. The van der Waals surface area contributed by atoms with E-state index in [0.29, 0.717) is 27.8 Å². The summed E-state index contributed by atoms with van der Waals surface area (Å²) in [6.07, 6.45) is 6.69. The maximum atomic E-state index is 12.7. The van der Waals surface area contributed by atoms with Crippen molar-refractivity contribution in [2.75, 3.05) is 18.6 Å². The number of terminal acetylenes is 1. The lowest BCUT2D eigenvalue weighted by Gasteiger charge is -2.12. The van der Waals surface area contributed by atoms with Crippen LogP contribution in [-0.4, -0.2) is 25.7 Å². The minimum Gasteiger partial charge on any atom is -0.493 e. The molecule has 1 fully saturated rings.